The van der Waals surface area contributed by atoms with Crippen LogP contribution in [0.3, 0.4) is 0 Å². The second-order valence-electron chi connectivity index (χ2n) is 7.81. The maximum absolute atomic E-state index is 13.4. The molecule has 0 fully saturated rings. The number of hydrogen-bond donors (Lipinski definition) is 1. The van der Waals surface area contributed by atoms with Gasteiger partial charge in [0.1, 0.15) is 0 Å². The monoisotopic (exact) mass is 447 g/mol. The van der Waals surface area contributed by atoms with Crippen molar-refractivity contribution in [3.05, 3.63) is 58.4 Å². The third-order valence-corrected chi connectivity index (χ3v) is 5.73. The van der Waals surface area contributed by atoms with Crippen molar-refractivity contribution >= 4 is 26.6 Å². The fourth-order valence-corrected chi connectivity index (χ4v) is 3.15. The lowest BCUT2D eigenvalue weighted by Crippen LogP contribution is -2.33. The van der Waals surface area contributed by atoms with Gasteiger partial charge in [0.15, 0.2) is 6.61 Å². The third-order valence-electron chi connectivity index (χ3n) is 5.13. The van der Waals surface area contributed by atoms with Crippen molar-refractivity contribution in [3.8, 4) is 5.88 Å². The number of aryl methyl sites for hydroxylation is 1. The Morgan fingerprint density at radius 1 is 1.35 bits per heavy atom. The van der Waals surface area contributed by atoms with E-state index in [0.717, 1.165) is 33.7 Å². The Morgan fingerprint density at radius 3 is 2.65 bits per heavy atom. The fourth-order valence-electron chi connectivity index (χ4n) is 3.03. The van der Waals surface area contributed by atoms with Gasteiger partial charge < -0.3 is 10.1 Å². The lowest BCUT2D eigenvalue weighted by atomic mass is 10.1. The Bertz CT molecular complexity index is 1050. The first-order chi connectivity index (χ1) is 14.6. The number of allylic oxidation sites excluding steroid dienone is 1. The molecule has 0 aromatic carbocycles. The molecule has 2 rings (SSSR count). The Labute approximate surface area is 185 Å². The summed E-state index contributed by atoms with van der Waals surface area (Å²) in [5, 5.41) is 5.57. The van der Waals surface area contributed by atoms with Gasteiger partial charge in [-0.05, 0) is 62.6 Å². The highest BCUT2D eigenvalue weighted by molar-refractivity contribution is 7.16. The van der Waals surface area contributed by atoms with Crippen LogP contribution in [0, 0.1) is 6.92 Å². The first kappa shape index (κ1) is 24.9. The van der Waals surface area contributed by atoms with Crippen LogP contribution in [0.5, 0.6) is 5.88 Å². The predicted octanol–water partition coefficient (Wildman–Crippen LogP) is 4.38. The lowest BCUT2D eigenvalue weighted by Gasteiger charge is -2.17. The van der Waals surface area contributed by atoms with E-state index in [1.165, 1.54) is 5.57 Å². The van der Waals surface area contributed by atoms with E-state index in [1.807, 2.05) is 47.6 Å². The van der Waals surface area contributed by atoms with E-state index in [2.05, 4.69) is 35.7 Å². The van der Waals surface area contributed by atoms with Gasteiger partial charge in [0.2, 0.25) is 5.88 Å². The van der Waals surface area contributed by atoms with Crippen molar-refractivity contribution < 1.29 is 13.5 Å². The first-order valence-corrected chi connectivity index (χ1v) is 11.2. The number of aromatic nitrogens is 2. The zero-order chi connectivity index (χ0) is 23.2. The molecule has 0 saturated heterocycles. The van der Waals surface area contributed by atoms with Crippen molar-refractivity contribution in [2.45, 2.75) is 53.0 Å². The molecule has 2 aromatic heterocycles. The van der Waals surface area contributed by atoms with E-state index < -0.39 is 12.5 Å². The van der Waals surface area contributed by atoms with Crippen molar-refractivity contribution in [3.63, 3.8) is 0 Å². The molecule has 2 unspecified atom stereocenters. The van der Waals surface area contributed by atoms with Gasteiger partial charge in [0.25, 0.3) is 5.92 Å². The highest BCUT2D eigenvalue weighted by atomic mass is 31.0. The van der Waals surface area contributed by atoms with E-state index in [9.17, 15) is 8.78 Å². The number of rotatable bonds is 9. The van der Waals surface area contributed by atoms with E-state index in [-0.39, 0.29) is 18.1 Å². The summed E-state index contributed by atoms with van der Waals surface area (Å²) in [7, 11) is 2.04. The van der Waals surface area contributed by atoms with E-state index in [0.29, 0.717) is 5.56 Å². The number of hydrogen-bond acceptors (Lipinski definition) is 4. The SMILES string of the molecule is C=C(C)c1nccc(=C(\C)CC)/c1=C\NC(C)c1cnc(OCC(F)(F)CP)c(C)c1. The molecular formula is C24H32F2N3OP. The number of nitrogens with zero attached hydrogens (tertiary/aromatic N) is 2. The van der Waals surface area contributed by atoms with Crippen LogP contribution in [0.2, 0.25) is 0 Å². The average molecular weight is 448 g/mol. The predicted molar refractivity (Wildman–Crippen MR) is 128 cm³/mol. The van der Waals surface area contributed by atoms with Crippen LogP contribution in [0.25, 0.3) is 17.3 Å². The number of alkyl halides is 2. The van der Waals surface area contributed by atoms with Gasteiger partial charge in [-0.3, -0.25) is 4.98 Å². The molecule has 4 nitrogen and oxygen atoms in total. The molecule has 31 heavy (non-hydrogen) atoms. The molecule has 2 aromatic rings. The van der Waals surface area contributed by atoms with Crippen molar-refractivity contribution in [1.29, 1.82) is 0 Å². The summed E-state index contributed by atoms with van der Waals surface area (Å²) in [5.41, 5.74) is 4.67. The van der Waals surface area contributed by atoms with Crippen LogP contribution < -0.4 is 20.5 Å². The Kier molecular flexibility index (Phi) is 8.69. The third kappa shape index (κ3) is 6.57. The maximum Gasteiger partial charge on any atom is 0.284 e. The topological polar surface area (TPSA) is 47.0 Å². The highest BCUT2D eigenvalue weighted by Gasteiger charge is 2.28. The van der Waals surface area contributed by atoms with Crippen LogP contribution in [-0.4, -0.2) is 28.7 Å². The number of nitrogens with one attached hydrogen (secondary N) is 1. The summed E-state index contributed by atoms with van der Waals surface area (Å²) in [6.45, 7) is 13.4. The molecule has 0 bridgehead atoms. The van der Waals surface area contributed by atoms with Crippen LogP contribution >= 0.6 is 9.24 Å². The molecule has 2 heterocycles. The second kappa shape index (κ2) is 10.8. The van der Waals surface area contributed by atoms with Gasteiger partial charge in [0.05, 0.1) is 5.69 Å². The fraction of sp³-hybridized carbons (Fsp3) is 0.417. The summed E-state index contributed by atoms with van der Waals surface area (Å²) >= 11 is 0. The van der Waals surface area contributed by atoms with Gasteiger partial charge in [-0.25, -0.2) is 13.8 Å². The van der Waals surface area contributed by atoms with E-state index in [1.54, 1.807) is 13.1 Å². The molecule has 168 valence electrons. The van der Waals surface area contributed by atoms with E-state index in [4.69, 9.17) is 4.74 Å². The van der Waals surface area contributed by atoms with Gasteiger partial charge in [0, 0.05) is 41.6 Å². The maximum atomic E-state index is 13.4. The summed E-state index contributed by atoms with van der Waals surface area (Å²) < 4.78 is 32.1. The van der Waals surface area contributed by atoms with Gasteiger partial charge in [-0.15, -0.1) is 9.24 Å². The number of ether oxygens (including phenoxy) is 1. The van der Waals surface area contributed by atoms with Crippen LogP contribution in [0.15, 0.2) is 31.1 Å². The summed E-state index contributed by atoms with van der Waals surface area (Å²) in [6, 6.07) is 3.87. The summed E-state index contributed by atoms with van der Waals surface area (Å²) in [6.07, 6.45) is 6.02. The largest absolute Gasteiger partial charge is 0.471 e. The molecule has 0 saturated carbocycles. The molecule has 2 atom stereocenters. The first-order valence-electron chi connectivity index (χ1n) is 10.3. The molecule has 0 aliphatic carbocycles. The van der Waals surface area contributed by atoms with E-state index >= 15 is 0 Å². The van der Waals surface area contributed by atoms with Crippen molar-refractivity contribution in [1.82, 2.24) is 15.3 Å². The minimum atomic E-state index is -2.89. The van der Waals surface area contributed by atoms with Crippen LogP contribution in [0.1, 0.15) is 57.0 Å². The quantitative estimate of drug-likeness (QED) is 0.580. The number of halogens is 2. The van der Waals surface area contributed by atoms with Crippen LogP contribution in [0.4, 0.5) is 8.78 Å². The van der Waals surface area contributed by atoms with Gasteiger partial charge in [-0.1, -0.05) is 19.1 Å². The summed E-state index contributed by atoms with van der Waals surface area (Å²) in [4.78, 5) is 8.75. The zero-order valence-corrected chi connectivity index (χ0v) is 20.1. The Hall–Kier alpha value is -2.33. The molecule has 0 aliphatic heterocycles. The Balaban J connectivity index is 2.31. The van der Waals surface area contributed by atoms with Crippen molar-refractivity contribution in [2.75, 3.05) is 12.8 Å². The molecule has 0 radical (unpaired) electrons. The standard InChI is InChI=1S/C24H32F2N3OP/c1-7-16(4)20-8-9-27-22(15(2)3)21(20)12-28-18(6)19-10-17(5)23(29-11-19)30-13-24(25,26)14-31/h8-12,18,28H,2,7,13-14,31H2,1,3-6H3/b20-16-,21-12+. The van der Waals surface area contributed by atoms with Crippen LogP contribution in [-0.2, 0) is 0 Å². The lowest BCUT2D eigenvalue weighted by molar-refractivity contribution is -0.0200. The highest BCUT2D eigenvalue weighted by Crippen LogP contribution is 2.23. The molecule has 7 heteroatoms. The smallest absolute Gasteiger partial charge is 0.284 e. The molecule has 1 N–H and O–H groups in total. The van der Waals surface area contributed by atoms with Gasteiger partial charge in [-0.2, -0.15) is 0 Å². The second-order valence-corrected chi connectivity index (χ2v) is 8.22. The molecule has 0 spiro atoms. The zero-order valence-electron chi connectivity index (χ0n) is 18.9. The number of pyridine rings is 2. The molecular weight excluding hydrogens is 415 g/mol. The Morgan fingerprint density at radius 2 is 2.06 bits per heavy atom. The summed E-state index contributed by atoms with van der Waals surface area (Å²) in [5.74, 6) is -2.66. The molecule has 0 amide bonds. The normalized spacial score (nSPS) is 14.3. The molecule has 0 aliphatic rings. The minimum Gasteiger partial charge on any atom is -0.471 e. The minimum absolute atomic E-state index is 0.0540. The van der Waals surface area contributed by atoms with Crippen molar-refractivity contribution in [2.24, 2.45) is 0 Å². The average Bonchev–Trinajstić information content (AvgIpc) is 2.75. The van der Waals surface area contributed by atoms with Gasteiger partial charge >= 0.3 is 0 Å².